The summed E-state index contributed by atoms with van der Waals surface area (Å²) in [5, 5.41) is 16.5. The molecule has 1 aliphatic carbocycles. The van der Waals surface area contributed by atoms with Gasteiger partial charge in [0.05, 0.1) is 12.1 Å². The molecule has 0 aliphatic heterocycles. The van der Waals surface area contributed by atoms with Crippen LogP contribution in [-0.4, -0.2) is 32.8 Å². The smallest absolute Gasteiger partial charge is 0.374 e. The Bertz CT molecular complexity index is 1160. The largest absolute Gasteiger partial charge is 0.452 e. The van der Waals surface area contributed by atoms with E-state index in [4.69, 9.17) is 9.15 Å². The highest BCUT2D eigenvalue weighted by Gasteiger charge is 2.27. The highest BCUT2D eigenvalue weighted by Crippen LogP contribution is 2.37. The molecule has 0 spiro atoms. The number of hydrogen-bond donors (Lipinski definition) is 1. The van der Waals surface area contributed by atoms with Crippen molar-refractivity contribution in [2.75, 3.05) is 11.9 Å². The maximum absolute atomic E-state index is 12.6. The van der Waals surface area contributed by atoms with Gasteiger partial charge in [-0.15, -0.1) is 0 Å². The minimum atomic E-state index is -0.731. The Hall–Kier alpha value is -3.80. The van der Waals surface area contributed by atoms with Crippen LogP contribution in [0.2, 0.25) is 0 Å². The van der Waals surface area contributed by atoms with Crippen LogP contribution in [0.4, 0.5) is 5.82 Å². The first-order chi connectivity index (χ1) is 15.5. The van der Waals surface area contributed by atoms with E-state index in [2.05, 4.69) is 21.1 Å². The summed E-state index contributed by atoms with van der Waals surface area (Å²) in [4.78, 5) is 24.9. The molecule has 4 rings (SSSR count). The topological polar surface area (TPSA) is 115 Å². The number of ether oxygens (including phenoxy) is 1. The molecular weight excluding hydrogens is 410 g/mol. The molecule has 1 saturated carbocycles. The standard InChI is InChI=1S/C23H25N5O4/c1-15-16(2)28(17-6-3-4-7-17)22(19(15)12-24)26-21(29)14-31-23(30)20-9-8-18(32-20)13-27-11-5-10-25-27/h5,8-11,17H,3-4,6-7,13-14H2,1-2H3,(H,26,29). The predicted octanol–water partition coefficient (Wildman–Crippen LogP) is 3.73. The van der Waals surface area contributed by atoms with Crippen molar-refractivity contribution in [1.82, 2.24) is 14.3 Å². The van der Waals surface area contributed by atoms with Crippen molar-refractivity contribution in [1.29, 1.82) is 5.26 Å². The van der Waals surface area contributed by atoms with Crippen molar-refractivity contribution in [2.45, 2.75) is 52.1 Å². The van der Waals surface area contributed by atoms with Crippen molar-refractivity contribution in [2.24, 2.45) is 0 Å². The zero-order valence-electron chi connectivity index (χ0n) is 18.1. The lowest BCUT2D eigenvalue weighted by Gasteiger charge is -2.19. The van der Waals surface area contributed by atoms with Crippen LogP contribution in [0.5, 0.6) is 0 Å². The Balaban J connectivity index is 1.40. The SMILES string of the molecule is Cc1c(C#N)c(NC(=O)COC(=O)c2ccc(Cn3cccn3)o2)n(C2CCCC2)c1C. The highest BCUT2D eigenvalue weighted by molar-refractivity contribution is 5.95. The molecule has 1 amide bonds. The lowest BCUT2D eigenvalue weighted by molar-refractivity contribution is -0.119. The van der Waals surface area contributed by atoms with Crippen molar-refractivity contribution >= 4 is 17.7 Å². The number of nitriles is 1. The molecule has 1 fully saturated rings. The summed E-state index contributed by atoms with van der Waals surface area (Å²) in [6, 6.07) is 7.42. The maximum atomic E-state index is 12.6. The van der Waals surface area contributed by atoms with Gasteiger partial charge in [0.2, 0.25) is 5.76 Å². The van der Waals surface area contributed by atoms with Gasteiger partial charge in [0.25, 0.3) is 5.91 Å². The number of hydrogen-bond acceptors (Lipinski definition) is 6. The van der Waals surface area contributed by atoms with Gasteiger partial charge in [-0.2, -0.15) is 10.4 Å². The zero-order chi connectivity index (χ0) is 22.7. The molecule has 3 aromatic heterocycles. The molecule has 0 unspecified atom stereocenters. The summed E-state index contributed by atoms with van der Waals surface area (Å²) in [6.07, 6.45) is 7.71. The van der Waals surface area contributed by atoms with Crippen LogP contribution in [0, 0.1) is 25.2 Å². The predicted molar refractivity (Wildman–Crippen MR) is 115 cm³/mol. The molecule has 0 aromatic carbocycles. The van der Waals surface area contributed by atoms with Gasteiger partial charge in [-0.1, -0.05) is 12.8 Å². The molecule has 166 valence electrons. The molecule has 32 heavy (non-hydrogen) atoms. The molecule has 1 N–H and O–H groups in total. The van der Waals surface area contributed by atoms with Gasteiger partial charge < -0.3 is 19.0 Å². The van der Waals surface area contributed by atoms with Crippen molar-refractivity contribution in [3.05, 3.63) is 58.9 Å². The number of rotatable bonds is 7. The van der Waals surface area contributed by atoms with Gasteiger partial charge in [-0.3, -0.25) is 9.48 Å². The van der Waals surface area contributed by atoms with Gasteiger partial charge in [0.1, 0.15) is 17.6 Å². The molecule has 9 nitrogen and oxygen atoms in total. The zero-order valence-corrected chi connectivity index (χ0v) is 18.1. The molecule has 0 atom stereocenters. The Labute approximate surface area is 185 Å². The summed E-state index contributed by atoms with van der Waals surface area (Å²) in [7, 11) is 0. The Morgan fingerprint density at radius 3 is 2.78 bits per heavy atom. The van der Waals surface area contributed by atoms with E-state index in [1.54, 1.807) is 29.2 Å². The van der Waals surface area contributed by atoms with Crippen molar-refractivity contribution in [3.63, 3.8) is 0 Å². The number of aromatic nitrogens is 3. The van der Waals surface area contributed by atoms with Crippen LogP contribution in [0.15, 0.2) is 35.0 Å². The first-order valence-electron chi connectivity index (χ1n) is 10.6. The lowest BCUT2D eigenvalue weighted by atomic mass is 10.2. The summed E-state index contributed by atoms with van der Waals surface area (Å²) in [5.41, 5.74) is 2.27. The van der Waals surface area contributed by atoms with Crippen LogP contribution >= 0.6 is 0 Å². The molecule has 1 aliphatic rings. The number of carbonyl (C=O) groups excluding carboxylic acids is 2. The number of amides is 1. The minimum absolute atomic E-state index is 0.0127. The number of anilines is 1. The van der Waals surface area contributed by atoms with Gasteiger partial charge in [-0.25, -0.2) is 4.79 Å². The lowest BCUT2D eigenvalue weighted by Crippen LogP contribution is -2.23. The van der Waals surface area contributed by atoms with Crippen molar-refractivity contribution in [3.8, 4) is 6.07 Å². The molecule has 3 heterocycles. The van der Waals surface area contributed by atoms with E-state index in [1.165, 1.54) is 6.07 Å². The third-order valence-corrected chi connectivity index (χ3v) is 5.89. The second-order valence-electron chi connectivity index (χ2n) is 7.95. The minimum Gasteiger partial charge on any atom is -0.452 e. The van der Waals surface area contributed by atoms with Gasteiger partial charge in [0.15, 0.2) is 6.61 Å². The van der Waals surface area contributed by atoms with Crippen LogP contribution in [0.1, 0.15) is 64.9 Å². The summed E-state index contributed by atoms with van der Waals surface area (Å²) < 4.78 is 14.3. The average molecular weight is 435 g/mol. The fraction of sp³-hybridized carbons (Fsp3) is 0.391. The third-order valence-electron chi connectivity index (χ3n) is 5.89. The van der Waals surface area contributed by atoms with E-state index in [-0.39, 0.29) is 11.8 Å². The first-order valence-corrected chi connectivity index (χ1v) is 10.6. The first kappa shape index (κ1) is 21.4. The number of furan rings is 1. The van der Waals surface area contributed by atoms with E-state index in [0.717, 1.165) is 36.9 Å². The molecule has 0 radical (unpaired) electrons. The third kappa shape index (κ3) is 4.30. The van der Waals surface area contributed by atoms with Crippen molar-refractivity contribution < 1.29 is 18.7 Å². The average Bonchev–Trinajstić information content (AvgIpc) is 3.57. The summed E-state index contributed by atoms with van der Waals surface area (Å²) >= 11 is 0. The quantitative estimate of drug-likeness (QED) is 0.566. The van der Waals surface area contributed by atoms with Crippen LogP contribution in [-0.2, 0) is 16.1 Å². The number of nitrogens with zero attached hydrogens (tertiary/aromatic N) is 4. The fourth-order valence-electron chi connectivity index (χ4n) is 4.20. The maximum Gasteiger partial charge on any atom is 0.374 e. The normalized spacial score (nSPS) is 13.8. The summed E-state index contributed by atoms with van der Waals surface area (Å²) in [5.74, 6) is -0.196. The molecular formula is C23H25N5O4. The molecule has 9 heteroatoms. The van der Waals surface area contributed by atoms with E-state index >= 15 is 0 Å². The van der Waals surface area contributed by atoms with Gasteiger partial charge >= 0.3 is 5.97 Å². The second kappa shape index (κ2) is 9.14. The van der Waals surface area contributed by atoms with Gasteiger partial charge in [0, 0.05) is 24.1 Å². The number of carbonyl (C=O) groups is 2. The van der Waals surface area contributed by atoms with E-state index in [0.29, 0.717) is 23.7 Å². The van der Waals surface area contributed by atoms with Gasteiger partial charge in [-0.05, 0) is 50.5 Å². The van der Waals surface area contributed by atoms with E-state index in [9.17, 15) is 14.9 Å². The molecule has 3 aromatic rings. The van der Waals surface area contributed by atoms with E-state index < -0.39 is 18.5 Å². The fourth-order valence-corrected chi connectivity index (χ4v) is 4.20. The van der Waals surface area contributed by atoms with Crippen LogP contribution in [0.3, 0.4) is 0 Å². The summed E-state index contributed by atoms with van der Waals surface area (Å²) in [6.45, 7) is 3.75. The Morgan fingerprint density at radius 1 is 1.31 bits per heavy atom. The molecule has 0 bridgehead atoms. The van der Waals surface area contributed by atoms with Crippen LogP contribution in [0.25, 0.3) is 0 Å². The Morgan fingerprint density at radius 2 is 2.09 bits per heavy atom. The van der Waals surface area contributed by atoms with E-state index in [1.807, 2.05) is 13.8 Å². The number of nitrogens with one attached hydrogen (secondary N) is 1. The Kier molecular flexibility index (Phi) is 6.12. The number of esters is 1. The van der Waals surface area contributed by atoms with Crippen LogP contribution < -0.4 is 5.32 Å². The second-order valence-corrected chi connectivity index (χ2v) is 7.95. The monoisotopic (exact) mass is 435 g/mol. The highest BCUT2D eigenvalue weighted by atomic mass is 16.5. The molecule has 0 saturated heterocycles.